The summed E-state index contributed by atoms with van der Waals surface area (Å²) in [6, 6.07) is 4.71. The summed E-state index contributed by atoms with van der Waals surface area (Å²) < 4.78 is 5.91. The van der Waals surface area contributed by atoms with Crippen LogP contribution in [0.4, 0.5) is 5.82 Å². The minimum Gasteiger partial charge on any atom is -0.487 e. The summed E-state index contributed by atoms with van der Waals surface area (Å²) in [5.74, 6) is 2.37. The maximum atomic E-state index is 9.07. The van der Waals surface area contributed by atoms with Gasteiger partial charge in [-0.25, -0.2) is 4.98 Å². The molecule has 0 bridgehead atoms. The molecule has 0 aromatic carbocycles. The van der Waals surface area contributed by atoms with Crippen LogP contribution in [-0.4, -0.2) is 24.2 Å². The summed E-state index contributed by atoms with van der Waals surface area (Å²) >= 11 is 0. The Morgan fingerprint density at radius 2 is 2.39 bits per heavy atom. The third kappa shape index (κ3) is 1.62. The maximum absolute atomic E-state index is 9.07. The Kier molecular flexibility index (Phi) is 2.62. The summed E-state index contributed by atoms with van der Waals surface area (Å²) in [7, 11) is 0. The first-order valence-corrected chi connectivity index (χ1v) is 6.48. The third-order valence-corrected chi connectivity index (χ3v) is 3.83. The quantitative estimate of drug-likeness (QED) is 0.759. The highest BCUT2D eigenvalue weighted by Gasteiger charge is 2.38. The van der Waals surface area contributed by atoms with E-state index in [4.69, 9.17) is 10.00 Å². The number of pyridine rings is 1. The normalized spacial score (nSPS) is 25.3. The Balaban J connectivity index is 2.01. The fourth-order valence-electron chi connectivity index (χ4n) is 2.87. The van der Waals surface area contributed by atoms with Crippen LogP contribution >= 0.6 is 0 Å². The molecule has 94 valence electrons. The molecule has 4 heteroatoms. The van der Waals surface area contributed by atoms with Crippen molar-refractivity contribution >= 4 is 5.82 Å². The highest BCUT2D eigenvalue weighted by atomic mass is 16.5. The first-order chi connectivity index (χ1) is 8.70. The third-order valence-electron chi connectivity index (χ3n) is 3.83. The molecule has 1 aromatic heterocycles. The van der Waals surface area contributed by atoms with Crippen LogP contribution < -0.4 is 9.64 Å². The molecule has 0 amide bonds. The van der Waals surface area contributed by atoms with Crippen LogP contribution in [0.5, 0.6) is 5.75 Å². The van der Waals surface area contributed by atoms with Crippen LogP contribution in [0, 0.1) is 17.2 Å². The van der Waals surface area contributed by atoms with Gasteiger partial charge < -0.3 is 9.64 Å². The average Bonchev–Trinajstić information content (AvgIpc) is 2.81. The highest BCUT2D eigenvalue weighted by molar-refractivity contribution is 5.60. The molecule has 2 atom stereocenters. The Morgan fingerprint density at radius 3 is 3.11 bits per heavy atom. The largest absolute Gasteiger partial charge is 0.487 e. The topological polar surface area (TPSA) is 49.1 Å². The second-order valence-corrected chi connectivity index (χ2v) is 5.39. The number of ether oxygens (including phenoxy) is 1. The van der Waals surface area contributed by atoms with Gasteiger partial charge in [-0.2, -0.15) is 5.26 Å². The van der Waals surface area contributed by atoms with Crippen LogP contribution in [-0.2, 0) is 0 Å². The van der Waals surface area contributed by atoms with E-state index in [1.54, 1.807) is 0 Å². The fourth-order valence-corrected chi connectivity index (χ4v) is 2.87. The second-order valence-electron chi connectivity index (χ2n) is 5.39. The van der Waals surface area contributed by atoms with Gasteiger partial charge in [-0.15, -0.1) is 0 Å². The van der Waals surface area contributed by atoms with Crippen molar-refractivity contribution in [2.75, 3.05) is 18.1 Å². The minimum atomic E-state index is 0.106. The zero-order chi connectivity index (χ0) is 12.7. The van der Waals surface area contributed by atoms with Gasteiger partial charge >= 0.3 is 0 Å². The Bertz CT molecular complexity index is 506. The van der Waals surface area contributed by atoms with E-state index < -0.39 is 0 Å². The van der Waals surface area contributed by atoms with Crippen molar-refractivity contribution in [2.45, 2.75) is 32.2 Å². The van der Waals surface area contributed by atoms with E-state index in [-0.39, 0.29) is 5.92 Å². The number of nitrogens with zero attached hydrogens (tertiary/aromatic N) is 3. The first-order valence-electron chi connectivity index (χ1n) is 6.48. The lowest BCUT2D eigenvalue weighted by atomic mass is 10.0. The Morgan fingerprint density at radius 1 is 1.56 bits per heavy atom. The Labute approximate surface area is 107 Å². The van der Waals surface area contributed by atoms with Crippen LogP contribution in [0.3, 0.4) is 0 Å². The maximum Gasteiger partial charge on any atom is 0.172 e. The smallest absolute Gasteiger partial charge is 0.172 e. The number of aromatic nitrogens is 1. The predicted molar refractivity (Wildman–Crippen MR) is 68.7 cm³/mol. The van der Waals surface area contributed by atoms with Crippen molar-refractivity contribution in [3.8, 4) is 11.8 Å². The minimum absolute atomic E-state index is 0.106. The summed E-state index contributed by atoms with van der Waals surface area (Å²) in [5, 5.41) is 9.07. The molecule has 0 spiro atoms. The molecule has 18 heavy (non-hydrogen) atoms. The van der Waals surface area contributed by atoms with E-state index in [9.17, 15) is 0 Å². The van der Waals surface area contributed by atoms with Crippen molar-refractivity contribution in [1.82, 2.24) is 4.98 Å². The molecular formula is C14H17N3O. The van der Waals surface area contributed by atoms with Crippen molar-refractivity contribution in [3.05, 3.63) is 17.8 Å². The van der Waals surface area contributed by atoms with Crippen molar-refractivity contribution < 1.29 is 4.74 Å². The van der Waals surface area contributed by atoms with Gasteiger partial charge in [0.2, 0.25) is 0 Å². The van der Waals surface area contributed by atoms with E-state index in [1.807, 2.05) is 12.3 Å². The number of hydrogen-bond donors (Lipinski definition) is 0. The lowest BCUT2D eigenvalue weighted by Crippen LogP contribution is -2.39. The molecule has 2 aliphatic heterocycles. The van der Waals surface area contributed by atoms with E-state index >= 15 is 0 Å². The number of nitriles is 1. The number of rotatable bonds is 1. The average molecular weight is 243 g/mol. The fraction of sp³-hybridized carbons (Fsp3) is 0.571. The summed E-state index contributed by atoms with van der Waals surface area (Å²) in [5.41, 5.74) is 1.21. The molecule has 3 rings (SSSR count). The van der Waals surface area contributed by atoms with Crippen LogP contribution in [0.2, 0.25) is 0 Å². The standard InChI is InChI=1S/C14H17N3O/c1-9(2)12-3-4-16-14-13(12)18-8-11-5-10(6-15)7-17(11)14/h3-4,9-11H,5,7-8H2,1-2H3. The van der Waals surface area contributed by atoms with Crippen LogP contribution in [0.15, 0.2) is 12.3 Å². The van der Waals surface area contributed by atoms with Gasteiger partial charge in [-0.3, -0.25) is 0 Å². The van der Waals surface area contributed by atoms with Crippen LogP contribution in [0.25, 0.3) is 0 Å². The van der Waals surface area contributed by atoms with E-state index in [1.165, 1.54) is 5.56 Å². The van der Waals surface area contributed by atoms with Gasteiger partial charge in [-0.05, 0) is 18.4 Å². The van der Waals surface area contributed by atoms with E-state index in [0.717, 1.165) is 24.5 Å². The molecule has 2 aliphatic rings. The van der Waals surface area contributed by atoms with Gasteiger partial charge in [0.25, 0.3) is 0 Å². The molecule has 1 aromatic rings. The molecule has 3 heterocycles. The van der Waals surface area contributed by atoms with Crippen LogP contribution in [0.1, 0.15) is 31.7 Å². The summed E-state index contributed by atoms with van der Waals surface area (Å²) in [6.07, 6.45) is 2.74. The van der Waals surface area contributed by atoms with Gasteiger partial charge in [0, 0.05) is 18.3 Å². The summed E-state index contributed by atoms with van der Waals surface area (Å²) in [4.78, 5) is 6.71. The van der Waals surface area contributed by atoms with Crippen molar-refractivity contribution in [3.63, 3.8) is 0 Å². The lowest BCUT2D eigenvalue weighted by molar-refractivity contribution is 0.265. The lowest BCUT2D eigenvalue weighted by Gasteiger charge is -2.33. The van der Waals surface area contributed by atoms with E-state index in [0.29, 0.717) is 18.6 Å². The van der Waals surface area contributed by atoms with Crippen molar-refractivity contribution in [1.29, 1.82) is 5.26 Å². The SMILES string of the molecule is CC(C)c1ccnc2c1OCC1CC(C#N)CN21. The van der Waals surface area contributed by atoms with Gasteiger partial charge in [-0.1, -0.05) is 13.8 Å². The highest BCUT2D eigenvalue weighted by Crippen LogP contribution is 2.41. The first kappa shape index (κ1) is 11.3. The zero-order valence-corrected chi connectivity index (χ0v) is 10.8. The second kappa shape index (κ2) is 4.16. The predicted octanol–water partition coefficient (Wildman–Crippen LogP) is 2.32. The van der Waals surface area contributed by atoms with Gasteiger partial charge in [0.05, 0.1) is 18.0 Å². The van der Waals surface area contributed by atoms with Crippen molar-refractivity contribution in [2.24, 2.45) is 5.92 Å². The molecule has 1 fully saturated rings. The molecule has 1 saturated heterocycles. The number of hydrogen-bond acceptors (Lipinski definition) is 4. The molecule has 0 N–H and O–H groups in total. The summed E-state index contributed by atoms with van der Waals surface area (Å²) in [6.45, 7) is 5.78. The van der Waals surface area contributed by atoms with Gasteiger partial charge in [0.1, 0.15) is 6.61 Å². The molecule has 0 saturated carbocycles. The molecule has 0 aliphatic carbocycles. The number of anilines is 1. The van der Waals surface area contributed by atoms with Gasteiger partial charge in [0.15, 0.2) is 11.6 Å². The molecule has 2 unspecified atom stereocenters. The monoisotopic (exact) mass is 243 g/mol. The van der Waals surface area contributed by atoms with E-state index in [2.05, 4.69) is 29.8 Å². The molecular weight excluding hydrogens is 226 g/mol. The molecule has 4 nitrogen and oxygen atoms in total. The Hall–Kier alpha value is -1.76. The number of fused-ring (bicyclic) bond motifs is 3. The zero-order valence-electron chi connectivity index (χ0n) is 10.8. The molecule has 0 radical (unpaired) electrons.